The van der Waals surface area contributed by atoms with Crippen LogP contribution in [0.4, 0.5) is 0 Å². The van der Waals surface area contributed by atoms with Gasteiger partial charge in [-0.1, -0.05) is 18.2 Å². The first-order valence-corrected chi connectivity index (χ1v) is 3.53. The monoisotopic (exact) mass is 139 g/mol. The van der Waals surface area contributed by atoms with Crippen molar-refractivity contribution >= 4 is 0 Å². The highest BCUT2D eigenvalue weighted by Crippen LogP contribution is 2.09. The van der Waals surface area contributed by atoms with E-state index in [0.717, 1.165) is 13.0 Å². The third-order valence-electron chi connectivity index (χ3n) is 1.59. The fourth-order valence-corrected chi connectivity index (χ4v) is 1.07. The van der Waals surface area contributed by atoms with Gasteiger partial charge in [0.15, 0.2) is 0 Å². The maximum atomic E-state index is 9.05. The molecule has 0 unspecified atom stereocenters. The maximum Gasteiger partial charge on any atom is 0.0739 e. The number of aliphatic hydroxyl groups excluding tert-OH is 1. The molecule has 10 heavy (non-hydrogen) atoms. The number of hydrogen-bond acceptors (Lipinski definition) is 2. The van der Waals surface area contributed by atoms with E-state index in [1.165, 1.54) is 0 Å². The molecule has 0 aliphatic heterocycles. The number of aliphatic hydroxyl groups is 1. The van der Waals surface area contributed by atoms with E-state index in [4.69, 9.17) is 5.11 Å². The summed E-state index contributed by atoms with van der Waals surface area (Å²) in [6, 6.07) is 0.341. The molecule has 56 valence electrons. The molecule has 0 bridgehead atoms. The topological polar surface area (TPSA) is 32.3 Å². The van der Waals surface area contributed by atoms with Crippen LogP contribution < -0.4 is 5.32 Å². The second-order valence-electron chi connectivity index (χ2n) is 2.49. The van der Waals surface area contributed by atoms with Crippen LogP contribution in [0.1, 0.15) is 6.42 Å². The molecule has 0 amide bonds. The molecule has 0 heterocycles. The fraction of sp³-hybridized carbons (Fsp3) is 0.500. The fourth-order valence-electron chi connectivity index (χ4n) is 1.07. The van der Waals surface area contributed by atoms with E-state index in [1.54, 1.807) is 0 Å². The lowest BCUT2D eigenvalue weighted by Gasteiger charge is -2.08. The molecule has 1 aliphatic rings. The SMILES string of the molecule is C=CCN[C@H]1C=C[C@@H](O)C1. The largest absolute Gasteiger partial charge is 0.389 e. The van der Waals surface area contributed by atoms with Crippen LogP contribution in [0, 0.1) is 0 Å². The van der Waals surface area contributed by atoms with Gasteiger partial charge < -0.3 is 10.4 Å². The van der Waals surface area contributed by atoms with Gasteiger partial charge in [-0.3, -0.25) is 0 Å². The predicted octanol–water partition coefficient (Wildman–Crippen LogP) is 0.451. The van der Waals surface area contributed by atoms with Crippen LogP contribution in [0.15, 0.2) is 24.8 Å². The van der Waals surface area contributed by atoms with E-state index in [9.17, 15) is 0 Å². The van der Waals surface area contributed by atoms with Crippen molar-refractivity contribution < 1.29 is 5.11 Å². The van der Waals surface area contributed by atoms with Crippen LogP contribution in [0.3, 0.4) is 0 Å². The summed E-state index contributed by atoms with van der Waals surface area (Å²) in [5, 5.41) is 12.2. The quantitative estimate of drug-likeness (QED) is 0.556. The van der Waals surface area contributed by atoms with Gasteiger partial charge in [-0.05, 0) is 6.42 Å². The molecule has 0 radical (unpaired) electrons. The van der Waals surface area contributed by atoms with Crippen molar-refractivity contribution in [2.45, 2.75) is 18.6 Å². The smallest absolute Gasteiger partial charge is 0.0739 e. The van der Waals surface area contributed by atoms with Crippen LogP contribution in [-0.2, 0) is 0 Å². The van der Waals surface area contributed by atoms with Gasteiger partial charge in [0, 0.05) is 12.6 Å². The average molecular weight is 139 g/mol. The Bertz CT molecular complexity index is 142. The predicted molar refractivity (Wildman–Crippen MR) is 41.8 cm³/mol. The summed E-state index contributed by atoms with van der Waals surface area (Å²) in [7, 11) is 0. The molecular formula is C8H13NO. The Labute approximate surface area is 61.3 Å². The van der Waals surface area contributed by atoms with E-state index in [2.05, 4.69) is 11.9 Å². The van der Waals surface area contributed by atoms with Crippen molar-refractivity contribution in [2.75, 3.05) is 6.54 Å². The Morgan fingerprint density at radius 1 is 1.70 bits per heavy atom. The van der Waals surface area contributed by atoms with Crippen LogP contribution in [0.5, 0.6) is 0 Å². The summed E-state index contributed by atoms with van der Waals surface area (Å²) in [6.45, 7) is 4.40. The van der Waals surface area contributed by atoms with Crippen molar-refractivity contribution in [1.29, 1.82) is 0 Å². The molecule has 0 fully saturated rings. The van der Waals surface area contributed by atoms with Gasteiger partial charge in [0.2, 0.25) is 0 Å². The normalized spacial score (nSPS) is 30.9. The Morgan fingerprint density at radius 3 is 3.00 bits per heavy atom. The summed E-state index contributed by atoms with van der Waals surface area (Å²) < 4.78 is 0. The van der Waals surface area contributed by atoms with E-state index in [1.807, 2.05) is 18.2 Å². The second kappa shape index (κ2) is 3.54. The van der Waals surface area contributed by atoms with Crippen LogP contribution in [0.25, 0.3) is 0 Å². The molecule has 2 nitrogen and oxygen atoms in total. The van der Waals surface area contributed by atoms with Crippen molar-refractivity contribution in [2.24, 2.45) is 0 Å². The number of hydrogen-bond donors (Lipinski definition) is 2. The van der Waals surface area contributed by atoms with Crippen molar-refractivity contribution in [3.05, 3.63) is 24.8 Å². The summed E-state index contributed by atoms with van der Waals surface area (Å²) >= 11 is 0. The lowest BCUT2D eigenvalue weighted by molar-refractivity contribution is 0.214. The first-order chi connectivity index (χ1) is 4.83. The molecule has 2 atom stereocenters. The van der Waals surface area contributed by atoms with Crippen molar-refractivity contribution in [3.63, 3.8) is 0 Å². The summed E-state index contributed by atoms with van der Waals surface area (Å²) in [5.41, 5.74) is 0. The van der Waals surface area contributed by atoms with Gasteiger partial charge in [0.1, 0.15) is 0 Å². The first-order valence-electron chi connectivity index (χ1n) is 3.53. The molecule has 0 saturated carbocycles. The third kappa shape index (κ3) is 1.97. The van der Waals surface area contributed by atoms with Gasteiger partial charge in [0.05, 0.1) is 6.10 Å². The number of nitrogens with one attached hydrogen (secondary N) is 1. The molecule has 2 heteroatoms. The van der Waals surface area contributed by atoms with Crippen LogP contribution in [0.2, 0.25) is 0 Å². The van der Waals surface area contributed by atoms with E-state index < -0.39 is 0 Å². The van der Waals surface area contributed by atoms with Crippen molar-refractivity contribution in [3.8, 4) is 0 Å². The molecule has 0 aromatic carbocycles. The summed E-state index contributed by atoms with van der Waals surface area (Å²) in [4.78, 5) is 0. The molecule has 1 rings (SSSR count). The van der Waals surface area contributed by atoms with Crippen LogP contribution >= 0.6 is 0 Å². The molecule has 0 aromatic rings. The van der Waals surface area contributed by atoms with E-state index >= 15 is 0 Å². The summed E-state index contributed by atoms with van der Waals surface area (Å²) in [5.74, 6) is 0. The maximum absolute atomic E-state index is 9.05. The standard InChI is InChI=1S/C8H13NO/c1-2-5-9-7-3-4-8(10)6-7/h2-4,7-10H,1,5-6H2/t7-,8+/m0/s1. The van der Waals surface area contributed by atoms with Gasteiger partial charge in [-0.15, -0.1) is 6.58 Å². The highest BCUT2D eigenvalue weighted by Gasteiger charge is 2.14. The third-order valence-corrected chi connectivity index (χ3v) is 1.59. The first kappa shape index (κ1) is 7.51. The second-order valence-corrected chi connectivity index (χ2v) is 2.49. The lowest BCUT2D eigenvalue weighted by atomic mass is 10.2. The number of rotatable bonds is 3. The molecule has 0 aromatic heterocycles. The zero-order chi connectivity index (χ0) is 7.40. The van der Waals surface area contributed by atoms with E-state index in [-0.39, 0.29) is 6.10 Å². The lowest BCUT2D eigenvalue weighted by Crippen LogP contribution is -2.26. The minimum atomic E-state index is -0.248. The Hall–Kier alpha value is -0.600. The molecule has 0 spiro atoms. The summed E-state index contributed by atoms with van der Waals surface area (Å²) in [6.07, 6.45) is 6.18. The van der Waals surface area contributed by atoms with Gasteiger partial charge in [0.25, 0.3) is 0 Å². The molecule has 1 aliphatic carbocycles. The minimum Gasteiger partial charge on any atom is -0.389 e. The van der Waals surface area contributed by atoms with Gasteiger partial charge in [-0.25, -0.2) is 0 Å². The molecule has 2 N–H and O–H groups in total. The van der Waals surface area contributed by atoms with Gasteiger partial charge in [-0.2, -0.15) is 0 Å². The van der Waals surface area contributed by atoms with E-state index in [0.29, 0.717) is 6.04 Å². The highest BCUT2D eigenvalue weighted by atomic mass is 16.3. The Balaban J connectivity index is 2.19. The average Bonchev–Trinajstić information content (AvgIpc) is 2.31. The molecule has 0 saturated heterocycles. The zero-order valence-corrected chi connectivity index (χ0v) is 5.96. The van der Waals surface area contributed by atoms with Crippen LogP contribution in [-0.4, -0.2) is 23.8 Å². The molecular weight excluding hydrogens is 126 g/mol. The Morgan fingerprint density at radius 2 is 2.50 bits per heavy atom. The Kier molecular flexibility index (Phi) is 2.66. The van der Waals surface area contributed by atoms with Crippen molar-refractivity contribution in [1.82, 2.24) is 5.32 Å². The highest BCUT2D eigenvalue weighted by molar-refractivity contribution is 5.06. The zero-order valence-electron chi connectivity index (χ0n) is 5.96. The minimum absolute atomic E-state index is 0.248. The van der Waals surface area contributed by atoms with Gasteiger partial charge >= 0.3 is 0 Å².